The van der Waals surface area contributed by atoms with Crippen LogP contribution in [0.5, 0.6) is 0 Å². The number of carbonyl (C=O) groups is 2. The van der Waals surface area contributed by atoms with Gasteiger partial charge in [0.2, 0.25) is 11.5 Å². The van der Waals surface area contributed by atoms with E-state index in [2.05, 4.69) is 5.16 Å². The molecule has 1 atom stereocenters. The van der Waals surface area contributed by atoms with Gasteiger partial charge in [-0.3, -0.25) is 9.59 Å². The third-order valence-electron chi connectivity index (χ3n) is 4.32. The van der Waals surface area contributed by atoms with Crippen molar-refractivity contribution in [2.75, 3.05) is 4.90 Å². The molecule has 25 heavy (non-hydrogen) atoms. The third-order valence-corrected chi connectivity index (χ3v) is 4.83. The fourth-order valence-corrected chi connectivity index (χ4v) is 3.30. The zero-order valence-corrected chi connectivity index (χ0v) is 14.4. The Balaban J connectivity index is 1.60. The Bertz CT molecular complexity index is 894. The number of anilines is 1. The second-order valence-corrected chi connectivity index (χ2v) is 6.87. The van der Waals surface area contributed by atoms with Gasteiger partial charge in [-0.2, -0.15) is 0 Å². The van der Waals surface area contributed by atoms with Crippen molar-refractivity contribution in [3.05, 3.63) is 64.1 Å². The average Bonchev–Trinajstić information content (AvgIpc) is 3.12. The van der Waals surface area contributed by atoms with Gasteiger partial charge in [0, 0.05) is 16.5 Å². The first-order valence-electron chi connectivity index (χ1n) is 7.62. The van der Waals surface area contributed by atoms with Crippen LogP contribution in [-0.4, -0.2) is 23.1 Å². The molecule has 0 saturated carbocycles. The molecule has 4 rings (SSSR count). The van der Waals surface area contributed by atoms with E-state index in [1.54, 1.807) is 36.4 Å². The summed E-state index contributed by atoms with van der Waals surface area (Å²) < 4.78 is 0. The Kier molecular flexibility index (Phi) is 3.78. The lowest BCUT2D eigenvalue weighted by Crippen LogP contribution is -2.40. The van der Waals surface area contributed by atoms with Gasteiger partial charge in [-0.15, -0.1) is 0 Å². The maximum Gasteiger partial charge on any atom is 0.281 e. The molecule has 2 aromatic rings. The highest BCUT2D eigenvalue weighted by atomic mass is 35.5. The SMILES string of the molecule is O=C1CC2(CC(c3ccc(Cl)cc3)=NO2)C(=O)N1c1ccc(Cl)cc1. The highest BCUT2D eigenvalue weighted by Gasteiger charge is 2.58. The number of benzene rings is 2. The minimum Gasteiger partial charge on any atom is -0.378 e. The van der Waals surface area contributed by atoms with Gasteiger partial charge in [-0.25, -0.2) is 4.90 Å². The quantitative estimate of drug-likeness (QED) is 0.750. The lowest BCUT2D eigenvalue weighted by Gasteiger charge is -2.19. The lowest BCUT2D eigenvalue weighted by molar-refractivity contribution is -0.136. The first kappa shape index (κ1) is 16.1. The maximum absolute atomic E-state index is 12.9. The summed E-state index contributed by atoms with van der Waals surface area (Å²) in [6.45, 7) is 0. The van der Waals surface area contributed by atoms with Crippen LogP contribution < -0.4 is 4.90 Å². The maximum atomic E-state index is 12.9. The van der Waals surface area contributed by atoms with E-state index < -0.39 is 11.5 Å². The van der Waals surface area contributed by atoms with Crippen LogP contribution in [0.1, 0.15) is 18.4 Å². The average molecular weight is 375 g/mol. The largest absolute Gasteiger partial charge is 0.378 e. The Morgan fingerprint density at radius 3 is 2.16 bits per heavy atom. The molecular formula is C18H12Cl2N2O3. The van der Waals surface area contributed by atoms with Crippen LogP contribution in [0.3, 0.4) is 0 Å². The number of oxime groups is 1. The van der Waals surface area contributed by atoms with Gasteiger partial charge in [0.15, 0.2) is 0 Å². The Morgan fingerprint density at radius 1 is 0.920 bits per heavy atom. The van der Waals surface area contributed by atoms with Crippen LogP contribution in [-0.2, 0) is 14.4 Å². The molecule has 0 N–H and O–H groups in total. The molecule has 5 nitrogen and oxygen atoms in total. The second-order valence-electron chi connectivity index (χ2n) is 5.99. The smallest absolute Gasteiger partial charge is 0.281 e. The van der Waals surface area contributed by atoms with Crippen molar-refractivity contribution in [3.8, 4) is 0 Å². The van der Waals surface area contributed by atoms with Crippen molar-refractivity contribution in [1.29, 1.82) is 0 Å². The Labute approximate surface area is 153 Å². The van der Waals surface area contributed by atoms with E-state index in [1.807, 2.05) is 12.1 Å². The summed E-state index contributed by atoms with van der Waals surface area (Å²) in [6.07, 6.45) is 0.193. The minimum atomic E-state index is -1.27. The number of amides is 2. The van der Waals surface area contributed by atoms with Gasteiger partial charge in [0.1, 0.15) is 0 Å². The fraction of sp³-hybridized carbons (Fsp3) is 0.167. The fourth-order valence-electron chi connectivity index (χ4n) is 3.05. The number of hydrogen-bond acceptors (Lipinski definition) is 4. The van der Waals surface area contributed by atoms with Crippen molar-refractivity contribution in [2.24, 2.45) is 5.16 Å². The molecule has 126 valence electrons. The Hall–Kier alpha value is -2.37. The molecule has 1 saturated heterocycles. The third kappa shape index (κ3) is 2.69. The molecule has 0 aromatic heterocycles. The van der Waals surface area contributed by atoms with Crippen LogP contribution in [0.25, 0.3) is 0 Å². The van der Waals surface area contributed by atoms with Crippen molar-refractivity contribution in [3.63, 3.8) is 0 Å². The van der Waals surface area contributed by atoms with Crippen molar-refractivity contribution in [1.82, 2.24) is 0 Å². The molecule has 1 spiro atoms. The van der Waals surface area contributed by atoms with Crippen molar-refractivity contribution >= 4 is 46.4 Å². The molecule has 2 aliphatic heterocycles. The minimum absolute atomic E-state index is 0.0466. The van der Waals surface area contributed by atoms with E-state index in [-0.39, 0.29) is 18.7 Å². The van der Waals surface area contributed by atoms with Crippen LogP contribution in [0, 0.1) is 0 Å². The summed E-state index contributed by atoms with van der Waals surface area (Å²) in [5.74, 6) is -0.729. The summed E-state index contributed by atoms with van der Waals surface area (Å²) in [6, 6.07) is 13.6. The van der Waals surface area contributed by atoms with E-state index in [4.69, 9.17) is 28.0 Å². The van der Waals surface area contributed by atoms with E-state index in [1.165, 1.54) is 0 Å². The van der Waals surface area contributed by atoms with Crippen molar-refractivity contribution in [2.45, 2.75) is 18.4 Å². The summed E-state index contributed by atoms with van der Waals surface area (Å²) >= 11 is 11.8. The number of imide groups is 1. The molecule has 2 amide bonds. The first-order valence-corrected chi connectivity index (χ1v) is 8.38. The summed E-state index contributed by atoms with van der Waals surface area (Å²) in [5.41, 5.74) is 0.633. The molecular weight excluding hydrogens is 363 g/mol. The topological polar surface area (TPSA) is 59.0 Å². The summed E-state index contributed by atoms with van der Waals surface area (Å²) in [5, 5.41) is 5.19. The van der Waals surface area contributed by atoms with Gasteiger partial charge in [0.05, 0.1) is 17.8 Å². The molecule has 0 bridgehead atoms. The zero-order chi connectivity index (χ0) is 17.6. The number of nitrogens with zero attached hydrogens (tertiary/aromatic N) is 2. The van der Waals surface area contributed by atoms with Gasteiger partial charge in [0.25, 0.3) is 5.91 Å². The molecule has 2 heterocycles. The number of carbonyl (C=O) groups excluding carboxylic acids is 2. The molecule has 2 aliphatic rings. The van der Waals surface area contributed by atoms with Gasteiger partial charge in [-0.05, 0) is 42.0 Å². The number of hydrogen-bond donors (Lipinski definition) is 0. The molecule has 1 fully saturated rings. The molecule has 0 radical (unpaired) electrons. The highest BCUT2D eigenvalue weighted by Crippen LogP contribution is 2.39. The molecule has 2 aromatic carbocycles. The van der Waals surface area contributed by atoms with Gasteiger partial charge < -0.3 is 4.84 Å². The first-order chi connectivity index (χ1) is 12.0. The zero-order valence-electron chi connectivity index (χ0n) is 12.9. The van der Waals surface area contributed by atoms with Crippen LogP contribution in [0.2, 0.25) is 10.0 Å². The van der Waals surface area contributed by atoms with Gasteiger partial charge >= 0.3 is 0 Å². The molecule has 1 unspecified atom stereocenters. The van der Waals surface area contributed by atoms with E-state index in [0.717, 1.165) is 10.5 Å². The molecule has 7 heteroatoms. The van der Waals surface area contributed by atoms with Crippen LogP contribution in [0.15, 0.2) is 53.7 Å². The van der Waals surface area contributed by atoms with Crippen LogP contribution in [0.4, 0.5) is 5.69 Å². The normalized spacial score (nSPS) is 22.5. The second kappa shape index (κ2) is 5.86. The summed E-state index contributed by atoms with van der Waals surface area (Å²) in [7, 11) is 0. The van der Waals surface area contributed by atoms with Gasteiger partial charge in [-0.1, -0.05) is 40.5 Å². The molecule has 0 aliphatic carbocycles. The van der Waals surface area contributed by atoms with E-state index in [0.29, 0.717) is 21.4 Å². The standard InChI is InChI=1S/C18H12Cl2N2O3/c19-12-3-1-11(2-4-12)15-9-18(25-21-15)10-16(23)22(17(18)24)14-7-5-13(20)6-8-14/h1-8H,9-10H2. The number of rotatable bonds is 2. The predicted octanol–water partition coefficient (Wildman–Crippen LogP) is 3.82. The van der Waals surface area contributed by atoms with E-state index in [9.17, 15) is 9.59 Å². The number of halogens is 2. The van der Waals surface area contributed by atoms with Crippen LogP contribution >= 0.6 is 23.2 Å². The lowest BCUT2D eigenvalue weighted by atomic mass is 9.92. The monoisotopic (exact) mass is 374 g/mol. The highest BCUT2D eigenvalue weighted by molar-refractivity contribution is 6.31. The Morgan fingerprint density at radius 2 is 1.52 bits per heavy atom. The van der Waals surface area contributed by atoms with E-state index >= 15 is 0 Å². The predicted molar refractivity (Wildman–Crippen MR) is 95.0 cm³/mol. The van der Waals surface area contributed by atoms with Crippen molar-refractivity contribution < 1.29 is 14.4 Å². The summed E-state index contributed by atoms with van der Waals surface area (Å²) in [4.78, 5) is 32.0.